The number of aliphatic carboxylic acids is 1. The Morgan fingerprint density at radius 1 is 1.53 bits per heavy atom. The van der Waals surface area contributed by atoms with E-state index in [1.54, 1.807) is 0 Å². The van der Waals surface area contributed by atoms with Crippen molar-refractivity contribution >= 4 is 5.97 Å². The van der Waals surface area contributed by atoms with Crippen LogP contribution in [0.25, 0.3) is 0 Å². The molecular formula is C13H20N2O2. The van der Waals surface area contributed by atoms with Gasteiger partial charge in [-0.05, 0) is 38.6 Å². The van der Waals surface area contributed by atoms with Crippen molar-refractivity contribution in [1.29, 1.82) is 0 Å². The summed E-state index contributed by atoms with van der Waals surface area (Å²) >= 11 is 0. The molecule has 1 N–H and O–H groups in total. The minimum absolute atomic E-state index is 0.223. The van der Waals surface area contributed by atoms with Gasteiger partial charge in [-0.25, -0.2) is 0 Å². The van der Waals surface area contributed by atoms with Crippen molar-refractivity contribution < 1.29 is 9.90 Å². The molecule has 94 valence electrons. The monoisotopic (exact) mass is 236 g/mol. The molecule has 2 rings (SSSR count). The second-order valence-corrected chi connectivity index (χ2v) is 5.24. The van der Waals surface area contributed by atoms with Gasteiger partial charge in [0.05, 0.1) is 5.92 Å². The molecule has 17 heavy (non-hydrogen) atoms. The number of fused-ring (bicyclic) bond motifs is 1. The van der Waals surface area contributed by atoms with Gasteiger partial charge < -0.3 is 14.6 Å². The van der Waals surface area contributed by atoms with Crippen LogP contribution >= 0.6 is 0 Å². The summed E-state index contributed by atoms with van der Waals surface area (Å²) in [7, 11) is 6.04. The number of hydrogen-bond donors (Lipinski definition) is 1. The zero-order valence-electron chi connectivity index (χ0n) is 10.9. The fraction of sp³-hybridized carbons (Fsp3) is 0.615. The molecule has 1 aromatic rings. The van der Waals surface area contributed by atoms with Crippen LogP contribution in [0.4, 0.5) is 0 Å². The smallest absolute Gasteiger partial charge is 0.306 e. The predicted octanol–water partition coefficient (Wildman–Crippen LogP) is 1.58. The quantitative estimate of drug-likeness (QED) is 0.848. The summed E-state index contributed by atoms with van der Waals surface area (Å²) in [5.74, 6) is -0.941. The van der Waals surface area contributed by atoms with Crippen molar-refractivity contribution in [1.82, 2.24) is 9.47 Å². The van der Waals surface area contributed by atoms with Gasteiger partial charge in [-0.3, -0.25) is 4.79 Å². The van der Waals surface area contributed by atoms with Gasteiger partial charge in [-0.1, -0.05) is 0 Å². The van der Waals surface area contributed by atoms with Gasteiger partial charge in [0.15, 0.2) is 0 Å². The highest BCUT2D eigenvalue weighted by molar-refractivity contribution is 5.71. The molecule has 1 heterocycles. The van der Waals surface area contributed by atoms with E-state index in [1.807, 2.05) is 21.1 Å². The van der Waals surface area contributed by atoms with Gasteiger partial charge in [0.2, 0.25) is 0 Å². The highest BCUT2D eigenvalue weighted by Crippen LogP contribution is 2.38. The first-order chi connectivity index (χ1) is 7.91. The van der Waals surface area contributed by atoms with Crippen molar-refractivity contribution in [3.05, 3.63) is 23.0 Å². The lowest BCUT2D eigenvalue weighted by molar-refractivity contribution is -0.142. The Balaban J connectivity index is 2.47. The minimum Gasteiger partial charge on any atom is -0.481 e. The van der Waals surface area contributed by atoms with E-state index < -0.39 is 5.97 Å². The predicted molar refractivity (Wildman–Crippen MR) is 66.0 cm³/mol. The van der Waals surface area contributed by atoms with Crippen LogP contribution in [0.1, 0.15) is 29.3 Å². The van der Waals surface area contributed by atoms with Crippen LogP contribution in [0, 0.1) is 12.8 Å². The summed E-state index contributed by atoms with van der Waals surface area (Å²) in [6.45, 7) is 2.11. The summed E-state index contributed by atoms with van der Waals surface area (Å²) in [5.41, 5.74) is 3.78. The van der Waals surface area contributed by atoms with Crippen molar-refractivity contribution in [3.8, 4) is 0 Å². The van der Waals surface area contributed by atoms with Gasteiger partial charge in [-0.2, -0.15) is 0 Å². The molecule has 4 heteroatoms. The lowest BCUT2D eigenvalue weighted by Gasteiger charge is -2.33. The molecule has 0 aliphatic heterocycles. The number of rotatable bonds is 2. The fourth-order valence-electron chi connectivity index (χ4n) is 2.93. The molecule has 0 amide bonds. The maximum absolute atomic E-state index is 11.2. The van der Waals surface area contributed by atoms with Crippen molar-refractivity contribution in [2.24, 2.45) is 13.0 Å². The minimum atomic E-state index is -0.679. The van der Waals surface area contributed by atoms with E-state index in [9.17, 15) is 9.90 Å². The van der Waals surface area contributed by atoms with Gasteiger partial charge >= 0.3 is 5.97 Å². The van der Waals surface area contributed by atoms with Gasteiger partial charge in [0, 0.05) is 31.4 Å². The molecule has 1 aromatic heterocycles. The van der Waals surface area contributed by atoms with Gasteiger partial charge in [0.1, 0.15) is 0 Å². The molecule has 4 nitrogen and oxygen atoms in total. The highest BCUT2D eigenvalue weighted by Gasteiger charge is 2.34. The Morgan fingerprint density at radius 2 is 2.18 bits per heavy atom. The number of carbonyl (C=O) groups is 1. The molecule has 0 radical (unpaired) electrons. The van der Waals surface area contributed by atoms with E-state index in [1.165, 1.54) is 16.8 Å². The molecule has 0 bridgehead atoms. The van der Waals surface area contributed by atoms with E-state index in [4.69, 9.17) is 0 Å². The maximum Gasteiger partial charge on any atom is 0.306 e. The Bertz CT molecular complexity index is 449. The van der Waals surface area contributed by atoms with E-state index in [2.05, 4.69) is 22.6 Å². The molecule has 2 unspecified atom stereocenters. The Kier molecular flexibility index (Phi) is 3.00. The van der Waals surface area contributed by atoms with Gasteiger partial charge in [-0.15, -0.1) is 0 Å². The SMILES string of the molecule is Cc1cn(C)c2c1C(N(C)C)CC(C(=O)O)C2. The Hall–Kier alpha value is -1.29. The number of carboxylic acids is 1. The van der Waals surface area contributed by atoms with Crippen LogP contribution in [0.5, 0.6) is 0 Å². The largest absolute Gasteiger partial charge is 0.481 e. The molecule has 2 atom stereocenters. The number of aromatic nitrogens is 1. The second kappa shape index (κ2) is 4.18. The first-order valence-corrected chi connectivity index (χ1v) is 5.95. The third-order valence-corrected chi connectivity index (χ3v) is 3.80. The van der Waals surface area contributed by atoms with Crippen LogP contribution < -0.4 is 0 Å². The fourth-order valence-corrected chi connectivity index (χ4v) is 2.93. The summed E-state index contributed by atoms with van der Waals surface area (Å²) in [6.07, 6.45) is 3.46. The summed E-state index contributed by atoms with van der Waals surface area (Å²) in [4.78, 5) is 13.3. The highest BCUT2D eigenvalue weighted by atomic mass is 16.4. The zero-order valence-corrected chi connectivity index (χ0v) is 10.9. The third-order valence-electron chi connectivity index (χ3n) is 3.80. The molecule has 0 fully saturated rings. The van der Waals surface area contributed by atoms with Crippen LogP contribution in [-0.4, -0.2) is 34.6 Å². The lowest BCUT2D eigenvalue weighted by atomic mass is 9.82. The van der Waals surface area contributed by atoms with E-state index >= 15 is 0 Å². The molecule has 0 saturated carbocycles. The standard InChI is InChI=1S/C13H20N2O2/c1-8-7-15(4)11-6-9(13(16)17)5-10(12(8)11)14(2)3/h7,9-10H,5-6H2,1-4H3,(H,16,17). The number of carboxylic acid groups (broad SMARTS) is 1. The average molecular weight is 236 g/mol. The maximum atomic E-state index is 11.2. The second-order valence-electron chi connectivity index (χ2n) is 5.24. The molecule has 1 aliphatic carbocycles. The van der Waals surface area contributed by atoms with Crippen LogP contribution in [0.15, 0.2) is 6.20 Å². The van der Waals surface area contributed by atoms with E-state index in [-0.39, 0.29) is 12.0 Å². The summed E-state index contributed by atoms with van der Waals surface area (Å²) < 4.78 is 2.08. The van der Waals surface area contributed by atoms with Crippen molar-refractivity contribution in [2.75, 3.05) is 14.1 Å². The molecular weight excluding hydrogens is 216 g/mol. The Labute approximate surface area is 102 Å². The number of nitrogens with zero attached hydrogens (tertiary/aromatic N) is 2. The summed E-state index contributed by atoms with van der Waals surface area (Å²) in [6, 6.07) is 0.223. The number of aryl methyl sites for hydroxylation is 2. The lowest BCUT2D eigenvalue weighted by Crippen LogP contribution is -2.32. The Morgan fingerprint density at radius 3 is 2.71 bits per heavy atom. The van der Waals surface area contributed by atoms with Crippen molar-refractivity contribution in [3.63, 3.8) is 0 Å². The third kappa shape index (κ3) is 1.97. The van der Waals surface area contributed by atoms with Gasteiger partial charge in [0.25, 0.3) is 0 Å². The first-order valence-electron chi connectivity index (χ1n) is 5.95. The molecule has 0 spiro atoms. The zero-order chi connectivity index (χ0) is 12.7. The van der Waals surface area contributed by atoms with Crippen molar-refractivity contribution in [2.45, 2.75) is 25.8 Å². The number of hydrogen-bond acceptors (Lipinski definition) is 2. The molecule has 1 aliphatic rings. The topological polar surface area (TPSA) is 45.5 Å². The average Bonchev–Trinajstić information content (AvgIpc) is 2.53. The van der Waals surface area contributed by atoms with E-state index in [0.717, 1.165) is 0 Å². The summed E-state index contributed by atoms with van der Waals surface area (Å²) in [5, 5.41) is 9.23. The van der Waals surface area contributed by atoms with Crippen LogP contribution in [0.3, 0.4) is 0 Å². The molecule has 0 saturated heterocycles. The normalized spacial score (nSPS) is 23.8. The first kappa shape index (κ1) is 12.2. The van der Waals surface area contributed by atoms with Crippen LogP contribution in [0.2, 0.25) is 0 Å². The molecule has 0 aromatic carbocycles. The van der Waals surface area contributed by atoms with Crippen LogP contribution in [-0.2, 0) is 18.3 Å². The van der Waals surface area contributed by atoms with E-state index in [0.29, 0.717) is 12.8 Å².